The van der Waals surface area contributed by atoms with E-state index in [9.17, 15) is 28.0 Å². The topological polar surface area (TPSA) is 210 Å². The summed E-state index contributed by atoms with van der Waals surface area (Å²) in [6.45, 7) is -0.506. The minimum absolute atomic E-state index is 0.0617. The molecule has 0 aromatic carbocycles. The highest BCUT2D eigenvalue weighted by Crippen LogP contribution is 2.16. The van der Waals surface area contributed by atoms with Crippen LogP contribution in [0, 0.1) is 5.92 Å². The molecule has 0 aromatic rings. The molecule has 4 atom stereocenters. The molecule has 0 heterocycles. The van der Waals surface area contributed by atoms with E-state index in [2.05, 4.69) is 0 Å². The van der Waals surface area contributed by atoms with Crippen molar-refractivity contribution >= 4 is 23.9 Å². The van der Waals surface area contributed by atoms with Gasteiger partial charge in [0.1, 0.15) is 12.1 Å². The summed E-state index contributed by atoms with van der Waals surface area (Å²) in [5.41, 5.74) is 10.5. The number of rotatable bonds is 21. The summed E-state index contributed by atoms with van der Waals surface area (Å²) < 4.78 is 28.6. The van der Waals surface area contributed by atoms with Crippen molar-refractivity contribution in [2.24, 2.45) is 17.4 Å². The number of hydrogen-bond donors (Lipinski definition) is 6. The molecule has 0 aromatic heterocycles. The van der Waals surface area contributed by atoms with Crippen molar-refractivity contribution in [1.82, 2.24) is 0 Å². The smallest absolute Gasteiger partial charge is 0.332 e. The molecular weight excluding hydrogens is 472 g/mol. The maximum absolute atomic E-state index is 11.8. The lowest BCUT2D eigenvalue weighted by molar-refractivity contribution is -0.152. The van der Waals surface area contributed by atoms with E-state index in [1.54, 1.807) is 0 Å². The Morgan fingerprint density at radius 3 is 1.51 bits per heavy atom. The van der Waals surface area contributed by atoms with Crippen LogP contribution in [0.25, 0.3) is 0 Å². The molecule has 0 saturated carbocycles. The normalized spacial score (nSPS) is 14.2. The number of carbonyl (C=O) groups is 4. The number of carboxylic acids is 4. The van der Waals surface area contributed by atoms with Crippen LogP contribution >= 0.6 is 0 Å². The molecule has 11 nitrogen and oxygen atoms in total. The van der Waals surface area contributed by atoms with E-state index >= 15 is 0 Å². The minimum Gasteiger partial charge on any atom is -0.481 e. The largest absolute Gasteiger partial charge is 0.481 e. The fraction of sp³-hybridized carbons (Fsp3) is 0.818. The van der Waals surface area contributed by atoms with Crippen molar-refractivity contribution in [3.63, 3.8) is 0 Å². The highest BCUT2D eigenvalue weighted by Gasteiger charge is 2.25. The van der Waals surface area contributed by atoms with Gasteiger partial charge in [0, 0.05) is 13.0 Å². The van der Waals surface area contributed by atoms with Crippen molar-refractivity contribution in [3.8, 4) is 0 Å². The van der Waals surface area contributed by atoms with Crippen LogP contribution in [-0.2, 0) is 23.9 Å². The van der Waals surface area contributed by atoms with E-state index < -0.39 is 48.0 Å². The molecular formula is C22H40F2N2O9. The van der Waals surface area contributed by atoms with Crippen molar-refractivity contribution < 1.29 is 53.1 Å². The zero-order chi connectivity index (χ0) is 27.2. The Hall–Kier alpha value is -2.38. The Morgan fingerprint density at radius 2 is 1.09 bits per heavy atom. The third-order valence-electron chi connectivity index (χ3n) is 5.05. The Morgan fingerprint density at radius 1 is 0.629 bits per heavy atom. The summed E-state index contributed by atoms with van der Waals surface area (Å²) in [6, 6.07) is -2.39. The molecule has 0 radical (unpaired) electrons. The lowest BCUT2D eigenvalue weighted by Gasteiger charge is -2.15. The molecule has 0 spiro atoms. The SMILES string of the molecule is NC(CC(CCCCCC[18F])C(=O)O)C(=O)O.NC(CC(OCCCCCC[18F])C(=O)O)C(=O)O. The van der Waals surface area contributed by atoms with Gasteiger partial charge in [0.25, 0.3) is 0 Å². The van der Waals surface area contributed by atoms with Gasteiger partial charge in [-0.3, -0.25) is 23.2 Å². The van der Waals surface area contributed by atoms with Crippen LogP contribution in [-0.4, -0.2) is 82.4 Å². The van der Waals surface area contributed by atoms with E-state index in [1.807, 2.05) is 0 Å². The molecule has 13 heteroatoms. The summed E-state index contributed by atoms with van der Waals surface area (Å²) >= 11 is 0. The van der Waals surface area contributed by atoms with Gasteiger partial charge in [-0.15, -0.1) is 0 Å². The predicted molar refractivity (Wildman–Crippen MR) is 122 cm³/mol. The number of halogens is 2. The minimum atomic E-state index is -1.26. The average Bonchev–Trinajstić information content (AvgIpc) is 2.79. The highest BCUT2D eigenvalue weighted by atomic mass is 18.2. The van der Waals surface area contributed by atoms with Gasteiger partial charge in [-0.05, 0) is 32.1 Å². The van der Waals surface area contributed by atoms with E-state index in [0.717, 1.165) is 25.7 Å². The number of carboxylic acid groups (broad SMARTS) is 4. The molecule has 0 rings (SSSR count). The average molecular weight is 513 g/mol. The van der Waals surface area contributed by atoms with Gasteiger partial charge in [-0.1, -0.05) is 32.1 Å². The summed E-state index contributed by atoms with van der Waals surface area (Å²) in [4.78, 5) is 42.7. The number of ether oxygens (including phenoxy) is 1. The molecule has 0 amide bonds. The lowest BCUT2D eigenvalue weighted by Crippen LogP contribution is -2.38. The number of hydrogen-bond acceptors (Lipinski definition) is 7. The summed E-state index contributed by atoms with van der Waals surface area (Å²) in [5, 5.41) is 34.9. The van der Waals surface area contributed by atoms with Gasteiger partial charge in [0.05, 0.1) is 19.3 Å². The van der Waals surface area contributed by atoms with E-state index in [1.165, 1.54) is 0 Å². The zero-order valence-electron chi connectivity index (χ0n) is 19.9. The van der Waals surface area contributed by atoms with Crippen LogP contribution in [0.5, 0.6) is 0 Å². The second-order valence-electron chi connectivity index (χ2n) is 8.09. The van der Waals surface area contributed by atoms with Crippen LogP contribution in [0.2, 0.25) is 0 Å². The Balaban J connectivity index is 0. The van der Waals surface area contributed by atoms with Gasteiger partial charge >= 0.3 is 23.9 Å². The van der Waals surface area contributed by atoms with E-state index in [-0.39, 0.29) is 32.8 Å². The second kappa shape index (κ2) is 22.1. The monoisotopic (exact) mass is 512 g/mol. The van der Waals surface area contributed by atoms with Gasteiger partial charge in [0.15, 0.2) is 6.10 Å². The van der Waals surface area contributed by atoms with Crippen molar-refractivity contribution in [3.05, 3.63) is 0 Å². The standard InChI is InChI=1S/C11H20FNO5.C11H20FNO4/c12-5-3-1-2-4-6-18-9(11(16)17)7-8(13)10(14)15;12-6-4-2-1-3-5-8(10(14)15)7-9(13)11(16)17/h8-9H,1-7,13H2,(H,14,15)(H,16,17);8-9H,1-7,13H2,(H,14,15)(H,16,17)/i2*12-1. The molecule has 0 aliphatic carbocycles. The van der Waals surface area contributed by atoms with Crippen LogP contribution in [0.15, 0.2) is 0 Å². The molecule has 35 heavy (non-hydrogen) atoms. The van der Waals surface area contributed by atoms with Crippen molar-refractivity contribution in [2.45, 2.75) is 88.8 Å². The predicted octanol–water partition coefficient (Wildman–Crippen LogP) is 2.20. The highest BCUT2D eigenvalue weighted by molar-refractivity contribution is 5.77. The van der Waals surface area contributed by atoms with Crippen LogP contribution in [0.1, 0.15) is 70.6 Å². The maximum atomic E-state index is 11.8. The first-order valence-electron chi connectivity index (χ1n) is 11.6. The van der Waals surface area contributed by atoms with E-state index in [0.29, 0.717) is 32.1 Å². The molecule has 0 fully saturated rings. The molecule has 8 N–H and O–H groups in total. The third-order valence-corrected chi connectivity index (χ3v) is 5.05. The number of alkyl halides is 2. The third kappa shape index (κ3) is 20.7. The van der Waals surface area contributed by atoms with Gasteiger partial charge < -0.3 is 36.6 Å². The van der Waals surface area contributed by atoms with Gasteiger partial charge in [-0.2, -0.15) is 0 Å². The van der Waals surface area contributed by atoms with Crippen LogP contribution in [0.3, 0.4) is 0 Å². The summed E-state index contributed by atoms with van der Waals surface area (Å²) in [7, 11) is 0. The molecule has 0 bridgehead atoms. The molecule has 0 aliphatic rings. The van der Waals surface area contributed by atoms with E-state index in [4.69, 9.17) is 36.6 Å². The molecule has 0 aliphatic heterocycles. The first-order chi connectivity index (χ1) is 16.5. The molecule has 206 valence electrons. The van der Waals surface area contributed by atoms with Crippen LogP contribution in [0.4, 0.5) is 8.78 Å². The first-order valence-corrected chi connectivity index (χ1v) is 11.6. The zero-order valence-corrected chi connectivity index (χ0v) is 19.9. The fourth-order valence-electron chi connectivity index (χ4n) is 2.94. The summed E-state index contributed by atoms with van der Waals surface area (Å²) in [6.07, 6.45) is 4.08. The van der Waals surface area contributed by atoms with Crippen LogP contribution < -0.4 is 11.5 Å². The maximum Gasteiger partial charge on any atom is 0.332 e. The first kappa shape index (κ1) is 34.8. The number of aliphatic carboxylic acids is 4. The number of nitrogens with two attached hydrogens (primary N) is 2. The Labute approximate surface area is 203 Å². The Kier molecular flexibility index (Phi) is 22.0. The van der Waals surface area contributed by atoms with Gasteiger partial charge in [0.2, 0.25) is 0 Å². The lowest BCUT2D eigenvalue weighted by atomic mass is 9.94. The molecule has 0 saturated heterocycles. The van der Waals surface area contributed by atoms with Crippen molar-refractivity contribution in [2.75, 3.05) is 20.0 Å². The molecule has 4 unspecified atom stereocenters. The number of unbranched alkanes of at least 4 members (excludes halogenated alkanes) is 6. The fourth-order valence-corrected chi connectivity index (χ4v) is 2.94. The second-order valence-corrected chi connectivity index (χ2v) is 8.09. The Bertz CT molecular complexity index is 611. The van der Waals surface area contributed by atoms with Crippen molar-refractivity contribution in [1.29, 1.82) is 0 Å². The summed E-state index contributed by atoms with van der Waals surface area (Å²) in [5.74, 6) is -5.42. The quantitative estimate of drug-likeness (QED) is 0.123. The van der Waals surface area contributed by atoms with Gasteiger partial charge in [-0.25, -0.2) is 4.79 Å².